The van der Waals surface area contributed by atoms with Gasteiger partial charge in [0.1, 0.15) is 10.3 Å². The molecule has 0 aliphatic rings. The number of thiazole rings is 1. The summed E-state index contributed by atoms with van der Waals surface area (Å²) in [5.41, 5.74) is 2.65. The molecule has 4 N–H and O–H groups in total. The highest BCUT2D eigenvalue weighted by atomic mass is 35.5. The van der Waals surface area contributed by atoms with Gasteiger partial charge in [-0.15, -0.1) is 0 Å². The molecular formula is C19H19ClN6O3S. The second-order valence-corrected chi connectivity index (χ2v) is 7.78. The minimum Gasteiger partial charge on any atom is -0.428 e. The topological polar surface area (TPSA) is 133 Å². The minimum absolute atomic E-state index is 0.203. The van der Waals surface area contributed by atoms with E-state index in [4.69, 9.17) is 31.9 Å². The average molecular weight is 447 g/mol. The van der Waals surface area contributed by atoms with Gasteiger partial charge in [-0.3, -0.25) is 10.8 Å². The first-order valence-corrected chi connectivity index (χ1v) is 9.94. The Morgan fingerprint density at radius 3 is 2.80 bits per heavy atom. The summed E-state index contributed by atoms with van der Waals surface area (Å²) in [7, 11) is 1.59. The number of ether oxygens (including phenoxy) is 2. The molecule has 156 valence electrons. The predicted octanol–water partition coefficient (Wildman–Crippen LogP) is 4.95. The number of hydrogen-bond acceptors (Lipinski definition) is 8. The summed E-state index contributed by atoms with van der Waals surface area (Å²) in [6.07, 6.45) is 1.92. The van der Waals surface area contributed by atoms with Crippen molar-refractivity contribution in [1.82, 2.24) is 9.97 Å². The number of aryl methyl sites for hydroxylation is 1. The van der Waals surface area contributed by atoms with Crippen molar-refractivity contribution in [2.75, 3.05) is 17.7 Å². The molecule has 1 aromatic carbocycles. The van der Waals surface area contributed by atoms with Gasteiger partial charge in [-0.05, 0) is 32.0 Å². The summed E-state index contributed by atoms with van der Waals surface area (Å²) in [6, 6.07) is 4.09. The number of anilines is 2. The number of methoxy groups -OCH3 is 1. The fourth-order valence-corrected chi connectivity index (χ4v) is 3.85. The van der Waals surface area contributed by atoms with Gasteiger partial charge >= 0.3 is 6.03 Å². The Morgan fingerprint density at radius 2 is 2.13 bits per heavy atom. The molecule has 2 aromatic heterocycles. The van der Waals surface area contributed by atoms with E-state index in [-0.39, 0.29) is 17.0 Å². The fourth-order valence-electron chi connectivity index (χ4n) is 2.81. The van der Waals surface area contributed by atoms with E-state index >= 15 is 0 Å². The zero-order valence-electron chi connectivity index (χ0n) is 16.4. The fraction of sp³-hybridized carbons (Fsp3) is 0.211. The largest absolute Gasteiger partial charge is 0.428 e. The third-order valence-electron chi connectivity index (χ3n) is 4.23. The molecule has 0 saturated heterocycles. The van der Waals surface area contributed by atoms with Crippen LogP contribution in [0.15, 0.2) is 24.4 Å². The number of urea groups is 1. The molecule has 0 bridgehead atoms. The van der Waals surface area contributed by atoms with Crippen molar-refractivity contribution >= 4 is 63.0 Å². The van der Waals surface area contributed by atoms with Gasteiger partial charge in [-0.25, -0.2) is 14.8 Å². The highest BCUT2D eigenvalue weighted by Gasteiger charge is 2.20. The van der Waals surface area contributed by atoms with E-state index in [1.54, 1.807) is 19.4 Å². The molecule has 2 amide bonds. The van der Waals surface area contributed by atoms with Crippen LogP contribution in [0, 0.1) is 17.7 Å². The highest BCUT2D eigenvalue weighted by molar-refractivity contribution is 7.18. The molecule has 9 nitrogen and oxygen atoms in total. The SMILES string of the molecule is COC(C)c1c(NC(=O)Nc2ccc(C(=N)OC=N)c(Cl)c2)cnc2sc(C)nc12. The average Bonchev–Trinajstić information content (AvgIpc) is 3.07. The first kappa shape index (κ1) is 21.6. The van der Waals surface area contributed by atoms with Crippen LogP contribution >= 0.6 is 22.9 Å². The predicted molar refractivity (Wildman–Crippen MR) is 118 cm³/mol. The standard InChI is InChI=1S/C19H19ClN6O3S/c1-9(28-3)15-14(7-23-18-16(15)24-10(2)30-18)26-19(27)25-11-4-5-12(13(20)6-11)17(22)29-8-21/h4-9,21-22H,1-3H3,(H2,25,26,27). The van der Waals surface area contributed by atoms with E-state index < -0.39 is 6.03 Å². The third kappa shape index (κ3) is 4.56. The van der Waals surface area contributed by atoms with Crippen LogP contribution in [0.4, 0.5) is 16.2 Å². The normalized spacial score (nSPS) is 11.7. The lowest BCUT2D eigenvalue weighted by atomic mass is 10.1. The number of nitrogens with one attached hydrogen (secondary N) is 4. The van der Waals surface area contributed by atoms with E-state index in [1.807, 2.05) is 13.8 Å². The van der Waals surface area contributed by atoms with E-state index in [0.717, 1.165) is 15.4 Å². The molecule has 0 spiro atoms. The molecule has 0 aliphatic carbocycles. The number of amides is 2. The number of nitrogens with zero attached hydrogens (tertiary/aromatic N) is 2. The summed E-state index contributed by atoms with van der Waals surface area (Å²) in [4.78, 5) is 22.3. The number of pyridine rings is 1. The van der Waals surface area contributed by atoms with E-state index in [1.165, 1.54) is 23.5 Å². The number of benzene rings is 1. The van der Waals surface area contributed by atoms with Crippen LogP contribution in [-0.2, 0) is 9.47 Å². The maximum atomic E-state index is 12.6. The number of aromatic nitrogens is 2. The van der Waals surface area contributed by atoms with Gasteiger partial charge in [0.05, 0.1) is 33.6 Å². The maximum absolute atomic E-state index is 12.6. The van der Waals surface area contributed by atoms with Crippen molar-refractivity contribution in [3.63, 3.8) is 0 Å². The summed E-state index contributed by atoms with van der Waals surface area (Å²) in [5.74, 6) is -0.262. The second-order valence-electron chi connectivity index (χ2n) is 6.19. The lowest BCUT2D eigenvalue weighted by molar-refractivity contribution is 0.121. The molecule has 1 unspecified atom stereocenters. The number of carbonyl (C=O) groups excluding carboxylic acids is 1. The molecule has 0 aliphatic heterocycles. The maximum Gasteiger partial charge on any atom is 0.323 e. The molecule has 0 fully saturated rings. The minimum atomic E-state index is -0.498. The Morgan fingerprint density at radius 1 is 1.37 bits per heavy atom. The summed E-state index contributed by atoms with van der Waals surface area (Å²) in [6.45, 7) is 3.77. The van der Waals surface area contributed by atoms with E-state index in [2.05, 4.69) is 20.6 Å². The van der Waals surface area contributed by atoms with Gasteiger partial charge in [-0.1, -0.05) is 22.9 Å². The first-order valence-electron chi connectivity index (χ1n) is 8.75. The van der Waals surface area contributed by atoms with Gasteiger partial charge in [0.25, 0.3) is 0 Å². The number of hydrogen-bond donors (Lipinski definition) is 4. The highest BCUT2D eigenvalue weighted by Crippen LogP contribution is 2.33. The molecule has 0 radical (unpaired) electrons. The molecule has 11 heteroatoms. The monoisotopic (exact) mass is 446 g/mol. The Bertz CT molecular complexity index is 1130. The van der Waals surface area contributed by atoms with Crippen molar-refractivity contribution in [3.05, 3.63) is 45.6 Å². The second kappa shape index (κ2) is 9.16. The third-order valence-corrected chi connectivity index (χ3v) is 5.42. The first-order chi connectivity index (χ1) is 14.3. The van der Waals surface area contributed by atoms with Crippen LogP contribution in [0.2, 0.25) is 5.02 Å². The van der Waals surface area contributed by atoms with Gasteiger partial charge in [0.2, 0.25) is 5.90 Å². The van der Waals surface area contributed by atoms with Crippen LogP contribution in [0.5, 0.6) is 0 Å². The van der Waals surface area contributed by atoms with E-state index in [9.17, 15) is 4.79 Å². The van der Waals surface area contributed by atoms with Crippen molar-refractivity contribution in [2.45, 2.75) is 20.0 Å². The smallest absolute Gasteiger partial charge is 0.323 e. The summed E-state index contributed by atoms with van der Waals surface area (Å²) < 4.78 is 10.2. The Hall–Kier alpha value is -3.08. The molecule has 30 heavy (non-hydrogen) atoms. The molecule has 3 rings (SSSR count). The van der Waals surface area contributed by atoms with Gasteiger partial charge in [0, 0.05) is 18.4 Å². The van der Waals surface area contributed by atoms with Crippen LogP contribution in [-0.4, -0.2) is 35.4 Å². The Balaban J connectivity index is 1.83. The number of fused-ring (bicyclic) bond motifs is 1. The van der Waals surface area contributed by atoms with Crippen molar-refractivity contribution in [3.8, 4) is 0 Å². The molecule has 1 atom stereocenters. The van der Waals surface area contributed by atoms with Crippen LogP contribution in [0.1, 0.15) is 29.2 Å². The van der Waals surface area contributed by atoms with Gasteiger partial charge < -0.3 is 20.1 Å². The number of carbonyl (C=O) groups is 1. The molecule has 2 heterocycles. The van der Waals surface area contributed by atoms with Crippen molar-refractivity contribution in [1.29, 1.82) is 10.8 Å². The molecule has 3 aromatic rings. The number of rotatable bonds is 6. The van der Waals surface area contributed by atoms with Crippen LogP contribution in [0.25, 0.3) is 10.3 Å². The van der Waals surface area contributed by atoms with Crippen molar-refractivity contribution < 1.29 is 14.3 Å². The molecule has 0 saturated carbocycles. The summed E-state index contributed by atoms with van der Waals surface area (Å²) >= 11 is 7.63. The zero-order valence-corrected chi connectivity index (χ0v) is 17.9. The quantitative estimate of drug-likeness (QED) is 0.314. The summed E-state index contributed by atoms with van der Waals surface area (Å²) in [5, 5.41) is 21.1. The van der Waals surface area contributed by atoms with Crippen LogP contribution in [0.3, 0.4) is 0 Å². The Labute approximate surface area is 181 Å². The van der Waals surface area contributed by atoms with Gasteiger partial charge in [0.15, 0.2) is 6.40 Å². The van der Waals surface area contributed by atoms with Crippen LogP contribution < -0.4 is 10.6 Å². The zero-order chi connectivity index (χ0) is 21.8. The van der Waals surface area contributed by atoms with Gasteiger partial charge in [-0.2, -0.15) is 0 Å². The van der Waals surface area contributed by atoms with Crippen molar-refractivity contribution in [2.24, 2.45) is 0 Å². The molecular weight excluding hydrogens is 428 g/mol. The number of halogens is 1. The lowest BCUT2D eigenvalue weighted by Gasteiger charge is -2.16. The Kier molecular flexibility index (Phi) is 6.60. The van der Waals surface area contributed by atoms with E-state index in [0.29, 0.717) is 28.9 Å². The lowest BCUT2D eigenvalue weighted by Crippen LogP contribution is -2.21.